The summed E-state index contributed by atoms with van der Waals surface area (Å²) in [5, 5.41) is 3.29. The molecule has 0 radical (unpaired) electrons. The fourth-order valence-corrected chi connectivity index (χ4v) is 2.48. The van der Waals surface area contributed by atoms with Crippen LogP contribution in [0, 0.1) is 5.92 Å². The molecule has 0 spiro atoms. The van der Waals surface area contributed by atoms with Gasteiger partial charge in [0.15, 0.2) is 11.5 Å². The van der Waals surface area contributed by atoms with Crippen molar-refractivity contribution < 1.29 is 14.3 Å². The van der Waals surface area contributed by atoms with Crippen molar-refractivity contribution in [3.63, 3.8) is 0 Å². The molecule has 5 nitrogen and oxygen atoms in total. The lowest BCUT2D eigenvalue weighted by atomic mass is 10.1. The number of hydrogen-bond donors (Lipinski definition) is 1. The number of amides is 1. The maximum absolute atomic E-state index is 12.7. The van der Waals surface area contributed by atoms with Gasteiger partial charge in [-0.05, 0) is 31.0 Å². The largest absolute Gasteiger partial charge is 0.493 e. The van der Waals surface area contributed by atoms with Crippen LogP contribution in [0.1, 0.15) is 31.1 Å². The van der Waals surface area contributed by atoms with Crippen LogP contribution in [0.5, 0.6) is 11.5 Å². The molecule has 6 heteroatoms. The monoisotopic (exact) mass is 342 g/mol. The summed E-state index contributed by atoms with van der Waals surface area (Å²) in [5.41, 5.74) is 0.641. The van der Waals surface area contributed by atoms with Crippen LogP contribution in [0.4, 0.5) is 0 Å². The van der Waals surface area contributed by atoms with Crippen LogP contribution in [-0.2, 0) is 0 Å². The molecule has 1 saturated heterocycles. The molecule has 0 bridgehead atoms. The zero-order valence-electron chi connectivity index (χ0n) is 14.3. The van der Waals surface area contributed by atoms with Crippen molar-refractivity contribution in [2.75, 3.05) is 33.4 Å². The summed E-state index contributed by atoms with van der Waals surface area (Å²) >= 11 is 0. The Bertz CT molecular complexity index is 523. The Balaban J connectivity index is 0.00000264. The lowest BCUT2D eigenvalue weighted by Gasteiger charge is -2.34. The van der Waals surface area contributed by atoms with E-state index in [1.165, 1.54) is 0 Å². The first kappa shape index (κ1) is 19.6. The lowest BCUT2D eigenvalue weighted by Crippen LogP contribution is -2.52. The third-order valence-electron chi connectivity index (χ3n) is 3.74. The van der Waals surface area contributed by atoms with Gasteiger partial charge in [0, 0.05) is 31.2 Å². The minimum Gasteiger partial charge on any atom is -0.493 e. The Morgan fingerprint density at radius 1 is 1.39 bits per heavy atom. The minimum absolute atomic E-state index is 0. The highest BCUT2D eigenvalue weighted by Crippen LogP contribution is 2.29. The van der Waals surface area contributed by atoms with Gasteiger partial charge >= 0.3 is 0 Å². The zero-order valence-corrected chi connectivity index (χ0v) is 15.1. The Labute approximate surface area is 144 Å². The Hall–Kier alpha value is -1.46. The van der Waals surface area contributed by atoms with Crippen molar-refractivity contribution in [3.8, 4) is 11.5 Å². The molecule has 130 valence electrons. The third-order valence-corrected chi connectivity index (χ3v) is 3.74. The number of nitrogens with zero attached hydrogens (tertiary/aromatic N) is 1. The number of halogens is 1. The maximum atomic E-state index is 12.7. The molecule has 1 aliphatic heterocycles. The third kappa shape index (κ3) is 5.01. The number of hydrogen-bond acceptors (Lipinski definition) is 4. The molecule has 1 fully saturated rings. The van der Waals surface area contributed by atoms with E-state index in [2.05, 4.69) is 26.1 Å². The molecular formula is C17H27ClN2O3. The van der Waals surface area contributed by atoms with Gasteiger partial charge in [-0.3, -0.25) is 4.79 Å². The summed E-state index contributed by atoms with van der Waals surface area (Å²) in [6, 6.07) is 5.60. The predicted molar refractivity (Wildman–Crippen MR) is 93.9 cm³/mol. The van der Waals surface area contributed by atoms with Crippen LogP contribution in [0.25, 0.3) is 0 Å². The van der Waals surface area contributed by atoms with Crippen molar-refractivity contribution in [2.24, 2.45) is 5.92 Å². The molecule has 1 amide bonds. The number of piperazine rings is 1. The summed E-state index contributed by atoms with van der Waals surface area (Å²) in [5.74, 6) is 1.77. The van der Waals surface area contributed by atoms with E-state index in [0.717, 1.165) is 19.6 Å². The average Bonchev–Trinajstić information content (AvgIpc) is 2.52. The first-order valence-corrected chi connectivity index (χ1v) is 7.85. The number of carbonyl (C=O) groups excluding carboxylic acids is 1. The van der Waals surface area contributed by atoms with E-state index in [4.69, 9.17) is 9.47 Å². The van der Waals surface area contributed by atoms with E-state index >= 15 is 0 Å². The number of methoxy groups -OCH3 is 1. The molecule has 1 aromatic rings. The lowest BCUT2D eigenvalue weighted by molar-refractivity contribution is 0.0655. The minimum atomic E-state index is 0. The topological polar surface area (TPSA) is 50.8 Å². The van der Waals surface area contributed by atoms with Crippen LogP contribution < -0.4 is 14.8 Å². The van der Waals surface area contributed by atoms with Gasteiger partial charge in [-0.15, -0.1) is 12.4 Å². The fourth-order valence-electron chi connectivity index (χ4n) is 2.48. The highest BCUT2D eigenvalue weighted by atomic mass is 35.5. The van der Waals surface area contributed by atoms with E-state index in [9.17, 15) is 4.79 Å². The average molecular weight is 343 g/mol. The quantitative estimate of drug-likeness (QED) is 0.893. The van der Waals surface area contributed by atoms with E-state index in [0.29, 0.717) is 29.6 Å². The summed E-state index contributed by atoms with van der Waals surface area (Å²) in [7, 11) is 1.60. The molecule has 1 N–H and O–H groups in total. The fraction of sp³-hybridized carbons (Fsp3) is 0.588. The van der Waals surface area contributed by atoms with Gasteiger partial charge in [-0.1, -0.05) is 13.8 Å². The number of carbonyl (C=O) groups is 1. The van der Waals surface area contributed by atoms with Gasteiger partial charge in [0.1, 0.15) is 0 Å². The molecule has 23 heavy (non-hydrogen) atoms. The zero-order chi connectivity index (χ0) is 16.1. The normalized spacial score (nSPS) is 17.6. The molecule has 1 aliphatic rings. The van der Waals surface area contributed by atoms with Gasteiger partial charge in [0.25, 0.3) is 5.91 Å². The van der Waals surface area contributed by atoms with Crippen LogP contribution in [0.3, 0.4) is 0 Å². The molecule has 0 saturated carbocycles. The molecule has 0 aliphatic carbocycles. The number of nitrogens with one attached hydrogen (secondary N) is 1. The van der Waals surface area contributed by atoms with Crippen LogP contribution >= 0.6 is 12.4 Å². The van der Waals surface area contributed by atoms with Crippen molar-refractivity contribution >= 4 is 18.3 Å². The summed E-state index contributed by atoms with van der Waals surface area (Å²) < 4.78 is 11.1. The Morgan fingerprint density at radius 2 is 2.13 bits per heavy atom. The molecular weight excluding hydrogens is 316 g/mol. The molecule has 0 unspecified atom stereocenters. The van der Waals surface area contributed by atoms with Gasteiger partial charge in [0.2, 0.25) is 0 Å². The molecule has 1 aromatic carbocycles. The highest BCUT2D eigenvalue weighted by molar-refractivity contribution is 5.95. The second kappa shape index (κ2) is 8.99. The van der Waals surface area contributed by atoms with E-state index in [1.54, 1.807) is 13.2 Å². The smallest absolute Gasteiger partial charge is 0.254 e. The number of ether oxygens (including phenoxy) is 2. The van der Waals surface area contributed by atoms with Crippen molar-refractivity contribution in [3.05, 3.63) is 23.8 Å². The van der Waals surface area contributed by atoms with E-state index in [-0.39, 0.29) is 24.4 Å². The molecule has 0 aromatic heterocycles. The van der Waals surface area contributed by atoms with Crippen molar-refractivity contribution in [2.45, 2.75) is 26.8 Å². The predicted octanol–water partition coefficient (Wildman–Crippen LogP) is 2.59. The second-order valence-electron chi connectivity index (χ2n) is 6.12. The van der Waals surface area contributed by atoms with Gasteiger partial charge in [0.05, 0.1) is 13.7 Å². The molecule has 1 atom stereocenters. The van der Waals surface area contributed by atoms with Crippen LogP contribution in [0.15, 0.2) is 18.2 Å². The Kier molecular flexibility index (Phi) is 7.65. The summed E-state index contributed by atoms with van der Waals surface area (Å²) in [4.78, 5) is 14.6. The SMILES string of the molecule is COc1cc(C(=O)N2CCNC[C@@H]2C)ccc1OCC(C)C.Cl. The van der Waals surface area contributed by atoms with Crippen LogP contribution in [-0.4, -0.2) is 50.2 Å². The Morgan fingerprint density at radius 3 is 2.74 bits per heavy atom. The van der Waals surface area contributed by atoms with Gasteiger partial charge in [-0.2, -0.15) is 0 Å². The maximum Gasteiger partial charge on any atom is 0.254 e. The van der Waals surface area contributed by atoms with Crippen LogP contribution in [0.2, 0.25) is 0 Å². The number of rotatable bonds is 5. The van der Waals surface area contributed by atoms with E-state index < -0.39 is 0 Å². The van der Waals surface area contributed by atoms with Gasteiger partial charge < -0.3 is 19.7 Å². The standard InChI is InChI=1S/C17H26N2O3.ClH/c1-12(2)11-22-15-6-5-14(9-16(15)21-4)17(20)19-8-7-18-10-13(19)3;/h5-6,9,12-13,18H,7-8,10-11H2,1-4H3;1H/t13-;/m0./s1. The summed E-state index contributed by atoms with van der Waals surface area (Å²) in [6.07, 6.45) is 0. The molecule has 2 rings (SSSR count). The first-order valence-electron chi connectivity index (χ1n) is 7.85. The van der Waals surface area contributed by atoms with Gasteiger partial charge in [-0.25, -0.2) is 0 Å². The van der Waals surface area contributed by atoms with Crippen molar-refractivity contribution in [1.29, 1.82) is 0 Å². The number of benzene rings is 1. The van der Waals surface area contributed by atoms with E-state index in [1.807, 2.05) is 17.0 Å². The highest BCUT2D eigenvalue weighted by Gasteiger charge is 2.24. The molecule has 1 heterocycles. The second-order valence-corrected chi connectivity index (χ2v) is 6.12. The van der Waals surface area contributed by atoms with Crippen molar-refractivity contribution in [1.82, 2.24) is 10.2 Å². The first-order chi connectivity index (χ1) is 10.5. The summed E-state index contributed by atoms with van der Waals surface area (Å²) in [6.45, 7) is 9.27.